The molecule has 9 aliphatic rings. The lowest BCUT2D eigenvalue weighted by Gasteiger charge is -2.71. The Morgan fingerprint density at radius 1 is 0.637 bits per heavy atom. The second kappa shape index (κ2) is 26.2. The predicted molar refractivity (Wildman–Crippen MR) is 311 cm³/mol. The van der Waals surface area contributed by atoms with Crippen LogP contribution < -0.4 is 9.47 Å². The molecule has 0 unspecified atom stereocenters. The van der Waals surface area contributed by atoms with Gasteiger partial charge in [0.1, 0.15) is 73.2 Å². The number of aliphatic hydroxyl groups is 12. The highest BCUT2D eigenvalue weighted by Gasteiger charge is 2.74. The number of carbonyl (C=O) groups is 3. The summed E-state index contributed by atoms with van der Waals surface area (Å²) < 4.78 is 65.0. The molecule has 4 saturated heterocycles. The van der Waals surface area contributed by atoms with Crippen LogP contribution in [0.3, 0.4) is 0 Å². The highest BCUT2D eigenvalue weighted by atomic mass is 16.8. The monoisotopic (exact) mass is 1290 g/mol. The first-order valence-electron chi connectivity index (χ1n) is 31.6. The van der Waals surface area contributed by atoms with Gasteiger partial charge in [0.25, 0.3) is 0 Å². The van der Waals surface area contributed by atoms with Crippen molar-refractivity contribution >= 4 is 24.0 Å². The first kappa shape index (κ1) is 69.8. The van der Waals surface area contributed by atoms with Gasteiger partial charge in [0.2, 0.25) is 6.29 Å². The van der Waals surface area contributed by atoms with Crippen molar-refractivity contribution in [2.45, 2.75) is 235 Å². The van der Waals surface area contributed by atoms with Crippen molar-refractivity contribution < 1.29 is 133 Å². The van der Waals surface area contributed by atoms with Crippen LogP contribution in [0.1, 0.15) is 112 Å². The number of hydrogen-bond acceptors (Lipinski definition) is 26. The van der Waals surface area contributed by atoms with Crippen molar-refractivity contribution in [2.24, 2.45) is 50.2 Å². The molecule has 27 nitrogen and oxygen atoms in total. The lowest BCUT2D eigenvalue weighted by molar-refractivity contribution is -0.373. The normalized spacial score (nSPS) is 47.9. The van der Waals surface area contributed by atoms with E-state index in [0.29, 0.717) is 49.2 Å². The summed E-state index contributed by atoms with van der Waals surface area (Å²) in [6, 6.07) is 4.93. The van der Waals surface area contributed by atoms with Gasteiger partial charge >= 0.3 is 17.9 Å². The molecular formula is C64H94O27. The van der Waals surface area contributed by atoms with Gasteiger partial charge in [-0.25, -0.2) is 4.79 Å². The fourth-order valence-corrected chi connectivity index (χ4v) is 17.8. The lowest BCUT2D eigenvalue weighted by atomic mass is 9.33. The molecule has 5 aliphatic carbocycles. The third kappa shape index (κ3) is 11.9. The third-order valence-corrected chi connectivity index (χ3v) is 23.0. The van der Waals surface area contributed by atoms with Crippen LogP contribution in [0, 0.1) is 50.2 Å². The van der Waals surface area contributed by atoms with Crippen LogP contribution in [0.2, 0.25) is 0 Å². The van der Waals surface area contributed by atoms with Gasteiger partial charge in [-0.15, -0.1) is 0 Å². The molecule has 1 aromatic rings. The van der Waals surface area contributed by atoms with E-state index in [1.54, 1.807) is 18.2 Å². The zero-order chi connectivity index (χ0) is 66.4. The fraction of sp³-hybridized carbons (Fsp3) is 0.797. The van der Waals surface area contributed by atoms with Crippen molar-refractivity contribution in [1.29, 1.82) is 0 Å². The predicted octanol–water partition coefficient (Wildman–Crippen LogP) is -0.0516. The smallest absolute Gasteiger partial charge is 0.331 e. The van der Waals surface area contributed by atoms with E-state index < -0.39 is 199 Å². The Bertz CT molecular complexity index is 2850. The second-order valence-electron chi connectivity index (χ2n) is 28.5. The SMILES string of the molecule is COc1ccc(/C=C/C(=O)O[C@@H]2[C@H](O)[C@@H](O[C@@H]3O[C@@H](C)[C@H](O[C@@H]4OC[C@@H](O)[C@H](O)[C@H]4O)[C@@H](O)[C@H]3O)[C@H](OC(=O)[C@]34CCC(C)(C)C[C@H]3C3=CC[C@@H]5[C@@]6(C)C[C@H](O)[C@H](O[C@@H]7O[C@H](CO)[C@H](O)[C@H](O)[C@H]7O)[C@@](C)(C(=O)O)[C@@H]6CC[C@@]5(C)[C@]3(CO)CC4)O[C@@H]2C)cc1OC. The summed E-state index contributed by atoms with van der Waals surface area (Å²) in [6.45, 7) is 11.2. The number of methoxy groups -OCH3 is 2. The lowest BCUT2D eigenvalue weighted by Crippen LogP contribution is -2.71. The molecule has 0 aromatic heterocycles. The molecule has 4 saturated carbocycles. The minimum atomic E-state index is -1.99. The van der Waals surface area contributed by atoms with Crippen molar-refractivity contribution in [3.8, 4) is 11.5 Å². The van der Waals surface area contributed by atoms with Crippen LogP contribution in [0.5, 0.6) is 11.5 Å². The van der Waals surface area contributed by atoms with E-state index in [-0.39, 0.29) is 43.6 Å². The highest BCUT2D eigenvalue weighted by molar-refractivity contribution is 5.87. The molecule has 4 aliphatic heterocycles. The number of ether oxygens (including phenoxy) is 11. The number of carbonyl (C=O) groups excluding carboxylic acids is 2. The van der Waals surface area contributed by atoms with E-state index in [0.717, 1.165) is 11.6 Å². The van der Waals surface area contributed by atoms with E-state index in [1.807, 2.05) is 6.92 Å². The van der Waals surface area contributed by atoms with Crippen molar-refractivity contribution in [2.75, 3.05) is 34.0 Å². The molecule has 4 heterocycles. The molecule has 0 spiro atoms. The Morgan fingerprint density at radius 2 is 1.27 bits per heavy atom. The molecule has 0 bridgehead atoms. The number of aliphatic hydroxyl groups excluding tert-OH is 12. The maximum Gasteiger partial charge on any atom is 0.331 e. The highest BCUT2D eigenvalue weighted by Crippen LogP contribution is 2.76. The molecule has 13 N–H and O–H groups in total. The summed E-state index contributed by atoms with van der Waals surface area (Å²) in [7, 11) is 2.93. The van der Waals surface area contributed by atoms with E-state index in [2.05, 4.69) is 26.8 Å². The van der Waals surface area contributed by atoms with E-state index in [1.165, 1.54) is 41.1 Å². The van der Waals surface area contributed by atoms with Gasteiger partial charge in [0, 0.05) is 11.5 Å². The quantitative estimate of drug-likeness (QED) is 0.0446. The van der Waals surface area contributed by atoms with Gasteiger partial charge in [-0.1, -0.05) is 45.4 Å². The summed E-state index contributed by atoms with van der Waals surface area (Å²) in [4.78, 5) is 43.3. The Hall–Kier alpha value is -4.05. The molecule has 1 aromatic carbocycles. The largest absolute Gasteiger partial charge is 0.493 e. The van der Waals surface area contributed by atoms with Crippen LogP contribution in [-0.2, 0) is 57.0 Å². The van der Waals surface area contributed by atoms with Gasteiger partial charge in [-0.2, -0.15) is 0 Å². The van der Waals surface area contributed by atoms with Crippen molar-refractivity contribution in [3.05, 3.63) is 41.5 Å². The Kier molecular flexibility index (Phi) is 20.1. The number of hydrogen-bond donors (Lipinski definition) is 13. The number of allylic oxidation sites excluding steroid dienone is 1. The topological polar surface area (TPSA) is 416 Å². The van der Waals surface area contributed by atoms with Crippen LogP contribution in [-0.4, -0.2) is 247 Å². The zero-order valence-corrected chi connectivity index (χ0v) is 52.8. The Morgan fingerprint density at radius 3 is 1.95 bits per heavy atom. The number of aliphatic carboxylic acids is 1. The number of carboxylic acid groups (broad SMARTS) is 1. The zero-order valence-electron chi connectivity index (χ0n) is 52.8. The van der Waals surface area contributed by atoms with Gasteiger partial charge in [-0.05, 0) is 136 Å². The first-order chi connectivity index (χ1) is 42.8. The van der Waals surface area contributed by atoms with Crippen molar-refractivity contribution in [1.82, 2.24) is 0 Å². The van der Waals surface area contributed by atoms with Crippen LogP contribution >= 0.6 is 0 Å². The van der Waals surface area contributed by atoms with Crippen LogP contribution in [0.4, 0.5) is 0 Å². The molecule has 29 atom stereocenters. The third-order valence-electron chi connectivity index (χ3n) is 23.0. The standard InChI is InChI=1S/C64H94O27/c1-28-49(88-53-45(74)41(70)34(68)26-83-53)44(73)47(76)54(84-28)89-51-48(77)50(87-40(69)15-11-30-10-13-35(81-8)36(22-30)82-9)29(2)85-56(51)91-58(80)63-19-18-59(3,4)23-32(63)31-12-14-38-60(5)24-33(67)52(90-55-46(75)43(72)42(71)37(25-65)86-55)62(7,57(78)79)39(60)16-17-61(38,6)64(31,27-66)21-20-63/h10-13,15,22,28-29,32-34,37-39,41-56,65-68,70-77H,14,16-21,23-27H2,1-9H3,(H,78,79)/b15-11+/t28-,29+,32-,33-,34+,37+,38+,39+,41-,42-,43-,44-,45+,46+,47+,48-,49-,50-,51+,52-,53-,54-,55-,56-,60+,61+,62-,63-,64-/m0/s1. The molecule has 27 heteroatoms. The summed E-state index contributed by atoms with van der Waals surface area (Å²) in [5.74, 6) is -3.69. The molecule has 512 valence electrons. The Balaban J connectivity index is 0.938. The molecule has 8 fully saturated rings. The van der Waals surface area contributed by atoms with Crippen LogP contribution in [0.25, 0.3) is 6.08 Å². The summed E-state index contributed by atoms with van der Waals surface area (Å²) >= 11 is 0. The fourth-order valence-electron chi connectivity index (χ4n) is 17.8. The first-order valence-corrected chi connectivity index (χ1v) is 31.6. The summed E-state index contributed by atoms with van der Waals surface area (Å²) in [6.07, 6.45) is -26.8. The van der Waals surface area contributed by atoms with E-state index in [4.69, 9.17) is 52.1 Å². The number of carboxylic acids is 1. The Labute approximate surface area is 527 Å². The maximum atomic E-state index is 15.8. The summed E-state index contributed by atoms with van der Waals surface area (Å²) in [5.41, 5.74) is -4.78. The summed E-state index contributed by atoms with van der Waals surface area (Å²) in [5, 5.41) is 145. The van der Waals surface area contributed by atoms with Crippen molar-refractivity contribution in [3.63, 3.8) is 0 Å². The number of benzene rings is 1. The maximum absolute atomic E-state index is 15.8. The number of esters is 2. The molecule has 0 radical (unpaired) electrons. The average Bonchev–Trinajstić information content (AvgIpc) is 0.671. The molecule has 10 rings (SSSR count). The minimum Gasteiger partial charge on any atom is -0.493 e. The van der Waals surface area contributed by atoms with Gasteiger partial charge in [-0.3, -0.25) is 9.59 Å². The number of rotatable bonds is 16. The van der Waals surface area contributed by atoms with E-state index in [9.17, 15) is 76.0 Å². The van der Waals surface area contributed by atoms with Gasteiger partial charge < -0.3 is 118 Å². The van der Waals surface area contributed by atoms with E-state index >= 15 is 4.79 Å². The average molecular weight is 1300 g/mol. The molecular weight excluding hydrogens is 1200 g/mol. The minimum absolute atomic E-state index is 0.0246. The van der Waals surface area contributed by atoms with Gasteiger partial charge in [0.05, 0.1) is 63.2 Å². The molecule has 0 amide bonds. The van der Waals surface area contributed by atoms with Gasteiger partial charge in [0.15, 0.2) is 42.6 Å². The number of fused-ring (bicyclic) bond motifs is 7. The molecule has 91 heavy (non-hydrogen) atoms. The second-order valence-corrected chi connectivity index (χ2v) is 28.5. The van der Waals surface area contributed by atoms with Crippen LogP contribution in [0.15, 0.2) is 35.9 Å².